The highest BCUT2D eigenvalue weighted by molar-refractivity contribution is 5.96. The molecule has 122 valence electrons. The fourth-order valence-electron chi connectivity index (χ4n) is 3.23. The van der Waals surface area contributed by atoms with Gasteiger partial charge in [0.1, 0.15) is 0 Å². The van der Waals surface area contributed by atoms with E-state index in [0.29, 0.717) is 5.92 Å². The Labute approximate surface area is 139 Å². The molecule has 0 heterocycles. The molecule has 3 rings (SSSR count). The van der Waals surface area contributed by atoms with Crippen LogP contribution in [0.15, 0.2) is 42.5 Å². The zero-order valence-electron chi connectivity index (χ0n) is 14.6. The summed E-state index contributed by atoms with van der Waals surface area (Å²) < 4.78 is 0. The monoisotopic (exact) mass is 309 g/mol. The maximum absolute atomic E-state index is 12.2. The van der Waals surface area contributed by atoms with Gasteiger partial charge < -0.3 is 5.32 Å². The zero-order valence-corrected chi connectivity index (χ0v) is 14.6. The minimum Gasteiger partial charge on any atom is -0.352 e. The van der Waals surface area contributed by atoms with E-state index in [2.05, 4.69) is 55.6 Å². The van der Waals surface area contributed by atoms with Crippen LogP contribution in [-0.2, 0) is 0 Å². The van der Waals surface area contributed by atoms with Gasteiger partial charge in [-0.05, 0) is 47.2 Å². The molecule has 1 N–H and O–H groups in total. The molecule has 0 aromatic heterocycles. The number of nitrogens with one attached hydrogen (secondary N) is 1. The summed E-state index contributed by atoms with van der Waals surface area (Å²) in [6.45, 7) is 9.00. The summed E-state index contributed by atoms with van der Waals surface area (Å²) in [7, 11) is 0. The summed E-state index contributed by atoms with van der Waals surface area (Å²) in [5, 5.41) is 2.95. The Balaban J connectivity index is 0.000000924. The Morgan fingerprint density at radius 3 is 2.39 bits per heavy atom. The van der Waals surface area contributed by atoms with Gasteiger partial charge >= 0.3 is 0 Å². The van der Waals surface area contributed by atoms with Crippen molar-refractivity contribution in [2.75, 3.05) is 6.54 Å². The van der Waals surface area contributed by atoms with E-state index >= 15 is 0 Å². The van der Waals surface area contributed by atoms with Gasteiger partial charge in [0.2, 0.25) is 0 Å². The molecule has 0 saturated carbocycles. The molecule has 1 aliphatic carbocycles. The Morgan fingerprint density at radius 1 is 1.00 bits per heavy atom. The van der Waals surface area contributed by atoms with Gasteiger partial charge in [0.15, 0.2) is 0 Å². The number of benzene rings is 2. The van der Waals surface area contributed by atoms with Gasteiger partial charge in [-0.15, -0.1) is 0 Å². The van der Waals surface area contributed by atoms with E-state index in [4.69, 9.17) is 0 Å². The van der Waals surface area contributed by atoms with Crippen molar-refractivity contribution in [3.63, 3.8) is 0 Å². The third-order valence-electron chi connectivity index (χ3n) is 4.26. The second kappa shape index (κ2) is 7.96. The number of hydrogen-bond donors (Lipinski definition) is 1. The van der Waals surface area contributed by atoms with Gasteiger partial charge in [-0.3, -0.25) is 4.79 Å². The molecule has 0 bridgehead atoms. The summed E-state index contributed by atoms with van der Waals surface area (Å²) in [5.74, 6) is 0.445. The molecule has 0 fully saturated rings. The first-order valence-corrected chi connectivity index (χ1v) is 8.77. The minimum absolute atomic E-state index is 0.0328. The SMILES string of the molecule is CC.CCCNC(=O)c1ccc2c(c1)C(CC)c1ccccc1-2. The van der Waals surface area contributed by atoms with Crippen molar-refractivity contribution in [2.24, 2.45) is 0 Å². The topological polar surface area (TPSA) is 29.1 Å². The van der Waals surface area contributed by atoms with Gasteiger partial charge in [-0.25, -0.2) is 0 Å². The van der Waals surface area contributed by atoms with Crippen LogP contribution >= 0.6 is 0 Å². The smallest absolute Gasteiger partial charge is 0.251 e. The fourth-order valence-corrected chi connectivity index (χ4v) is 3.23. The molecule has 1 amide bonds. The highest BCUT2D eigenvalue weighted by Crippen LogP contribution is 2.46. The number of fused-ring (bicyclic) bond motifs is 3. The molecule has 1 aliphatic rings. The first kappa shape index (κ1) is 17.3. The lowest BCUT2D eigenvalue weighted by atomic mass is 9.93. The van der Waals surface area contributed by atoms with E-state index in [-0.39, 0.29) is 5.91 Å². The highest BCUT2D eigenvalue weighted by atomic mass is 16.1. The average molecular weight is 309 g/mol. The quantitative estimate of drug-likeness (QED) is 0.807. The third-order valence-corrected chi connectivity index (χ3v) is 4.26. The molecule has 0 saturated heterocycles. The highest BCUT2D eigenvalue weighted by Gasteiger charge is 2.27. The van der Waals surface area contributed by atoms with Crippen LogP contribution in [0.25, 0.3) is 11.1 Å². The Hall–Kier alpha value is -2.09. The standard InChI is InChI=1S/C19H21NO.C2H6/c1-3-11-20-19(21)13-9-10-17-16-8-6-5-7-15(16)14(4-2)18(17)12-13;1-2/h5-10,12,14H,3-4,11H2,1-2H3,(H,20,21);1-2H3. The van der Waals surface area contributed by atoms with Gasteiger partial charge in [-0.2, -0.15) is 0 Å². The van der Waals surface area contributed by atoms with Crippen molar-refractivity contribution in [1.29, 1.82) is 0 Å². The van der Waals surface area contributed by atoms with Crippen LogP contribution in [0.5, 0.6) is 0 Å². The lowest BCUT2D eigenvalue weighted by Gasteiger charge is -2.11. The van der Waals surface area contributed by atoms with Crippen LogP contribution in [0.2, 0.25) is 0 Å². The molecule has 2 nitrogen and oxygen atoms in total. The number of carbonyl (C=O) groups excluding carboxylic acids is 1. The van der Waals surface area contributed by atoms with Crippen molar-refractivity contribution in [3.8, 4) is 11.1 Å². The first-order chi connectivity index (χ1) is 11.3. The lowest BCUT2D eigenvalue weighted by molar-refractivity contribution is 0.0953. The van der Waals surface area contributed by atoms with Crippen molar-refractivity contribution in [1.82, 2.24) is 5.32 Å². The molecule has 2 heteroatoms. The number of hydrogen-bond acceptors (Lipinski definition) is 1. The van der Waals surface area contributed by atoms with Gasteiger partial charge in [0, 0.05) is 18.0 Å². The maximum atomic E-state index is 12.2. The van der Waals surface area contributed by atoms with E-state index in [0.717, 1.165) is 24.9 Å². The van der Waals surface area contributed by atoms with Crippen molar-refractivity contribution in [2.45, 2.75) is 46.5 Å². The predicted molar refractivity (Wildman–Crippen MR) is 98.0 cm³/mol. The molecule has 0 radical (unpaired) electrons. The summed E-state index contributed by atoms with van der Waals surface area (Å²) in [6, 6.07) is 14.7. The minimum atomic E-state index is 0.0328. The maximum Gasteiger partial charge on any atom is 0.251 e. The lowest BCUT2D eigenvalue weighted by Crippen LogP contribution is -2.24. The molecule has 2 aromatic carbocycles. The third kappa shape index (κ3) is 3.31. The van der Waals surface area contributed by atoms with Crippen molar-refractivity contribution >= 4 is 5.91 Å². The van der Waals surface area contributed by atoms with E-state index in [9.17, 15) is 4.79 Å². The Kier molecular flexibility index (Phi) is 5.97. The average Bonchev–Trinajstić information content (AvgIpc) is 2.94. The summed E-state index contributed by atoms with van der Waals surface area (Å²) in [5.41, 5.74) is 6.06. The van der Waals surface area contributed by atoms with E-state index < -0.39 is 0 Å². The molecular weight excluding hydrogens is 282 g/mol. The molecule has 1 atom stereocenters. The molecule has 2 aromatic rings. The molecule has 1 unspecified atom stereocenters. The fraction of sp³-hybridized carbons (Fsp3) is 0.381. The molecule has 0 spiro atoms. The van der Waals surface area contributed by atoms with Crippen LogP contribution in [0.4, 0.5) is 0 Å². The predicted octanol–water partition coefficient (Wildman–Crippen LogP) is 5.37. The van der Waals surface area contributed by atoms with Crippen LogP contribution in [0.3, 0.4) is 0 Å². The van der Waals surface area contributed by atoms with E-state index in [1.165, 1.54) is 22.3 Å². The van der Waals surface area contributed by atoms with Gasteiger partial charge in [-0.1, -0.05) is 58.0 Å². The number of amides is 1. The van der Waals surface area contributed by atoms with Crippen LogP contribution in [0, 0.1) is 0 Å². The summed E-state index contributed by atoms with van der Waals surface area (Å²) >= 11 is 0. The Morgan fingerprint density at radius 2 is 1.70 bits per heavy atom. The molecule has 23 heavy (non-hydrogen) atoms. The van der Waals surface area contributed by atoms with E-state index in [1.807, 2.05) is 19.9 Å². The number of rotatable bonds is 4. The van der Waals surface area contributed by atoms with Crippen LogP contribution < -0.4 is 5.32 Å². The van der Waals surface area contributed by atoms with Crippen molar-refractivity contribution < 1.29 is 4.79 Å². The largest absolute Gasteiger partial charge is 0.352 e. The Bertz CT molecular complexity index is 675. The first-order valence-electron chi connectivity index (χ1n) is 8.77. The summed E-state index contributed by atoms with van der Waals surface area (Å²) in [6.07, 6.45) is 2.02. The number of carbonyl (C=O) groups is 1. The molecular formula is C21H27NO. The second-order valence-electron chi connectivity index (χ2n) is 5.61. The van der Waals surface area contributed by atoms with Gasteiger partial charge in [0.05, 0.1) is 0 Å². The molecule has 0 aliphatic heterocycles. The normalized spacial score (nSPS) is 14.3. The van der Waals surface area contributed by atoms with E-state index in [1.54, 1.807) is 0 Å². The summed E-state index contributed by atoms with van der Waals surface area (Å²) in [4.78, 5) is 12.2. The van der Waals surface area contributed by atoms with Gasteiger partial charge in [0.25, 0.3) is 5.91 Å². The second-order valence-corrected chi connectivity index (χ2v) is 5.61. The van der Waals surface area contributed by atoms with Crippen LogP contribution in [0.1, 0.15) is 67.9 Å². The van der Waals surface area contributed by atoms with Crippen molar-refractivity contribution in [3.05, 3.63) is 59.2 Å². The van der Waals surface area contributed by atoms with Crippen LogP contribution in [-0.4, -0.2) is 12.5 Å². The zero-order chi connectivity index (χ0) is 16.8.